The van der Waals surface area contributed by atoms with Crippen molar-refractivity contribution in [3.63, 3.8) is 0 Å². The summed E-state index contributed by atoms with van der Waals surface area (Å²) in [6.45, 7) is 0.715. The zero-order valence-electron chi connectivity index (χ0n) is 15.2. The lowest BCUT2D eigenvalue weighted by atomic mass is 9.99. The molecule has 0 radical (unpaired) electrons. The van der Waals surface area contributed by atoms with Gasteiger partial charge >= 0.3 is 0 Å². The standard InChI is InChI=1S/C22H18IN3OS/c23-16-9-10-20-24-21(17-7-3-1-6-15(17)12-26(20)13-16)25-22(27)19-11-14-5-2-4-8-18(14)28-19/h1,3,6-7,9-11,13H,2,4-5,8,12H2. The number of halogens is 1. The van der Waals surface area contributed by atoms with Gasteiger partial charge in [-0.3, -0.25) is 4.79 Å². The molecule has 3 aliphatic rings. The SMILES string of the molecule is O=C(N=C1N=C2C=CC(I)=CN2Cc2ccccc21)c1cc2c(s1)CCCC2. The molecule has 0 spiro atoms. The molecule has 2 aliphatic heterocycles. The molecule has 1 aliphatic carbocycles. The highest BCUT2D eigenvalue weighted by Gasteiger charge is 2.23. The van der Waals surface area contributed by atoms with Gasteiger partial charge in [-0.2, -0.15) is 4.99 Å². The largest absolute Gasteiger partial charge is 0.327 e. The smallest absolute Gasteiger partial charge is 0.289 e. The van der Waals surface area contributed by atoms with Gasteiger partial charge in [-0.1, -0.05) is 24.3 Å². The van der Waals surface area contributed by atoms with Crippen molar-refractivity contribution in [1.82, 2.24) is 4.90 Å². The summed E-state index contributed by atoms with van der Waals surface area (Å²) in [4.78, 5) is 26.4. The van der Waals surface area contributed by atoms with E-state index in [1.807, 2.05) is 36.4 Å². The zero-order chi connectivity index (χ0) is 19.1. The second-order valence-corrected chi connectivity index (χ2v) is 9.49. The number of aryl methyl sites for hydroxylation is 2. The Hall–Kier alpha value is -2.06. The number of hydrogen-bond donors (Lipinski definition) is 0. The summed E-state index contributed by atoms with van der Waals surface area (Å²) in [5, 5.41) is 0. The van der Waals surface area contributed by atoms with E-state index in [-0.39, 0.29) is 5.91 Å². The highest BCUT2D eigenvalue weighted by Crippen LogP contribution is 2.30. The number of benzene rings is 1. The first-order valence-corrected chi connectivity index (χ1v) is 11.3. The maximum absolute atomic E-state index is 13.0. The van der Waals surface area contributed by atoms with E-state index in [2.05, 4.69) is 44.7 Å². The molecule has 0 bridgehead atoms. The molecular weight excluding hydrogens is 481 g/mol. The van der Waals surface area contributed by atoms with E-state index in [9.17, 15) is 4.79 Å². The zero-order valence-corrected chi connectivity index (χ0v) is 18.2. The third-order valence-corrected chi connectivity index (χ3v) is 7.06. The van der Waals surface area contributed by atoms with Crippen molar-refractivity contribution in [2.24, 2.45) is 9.98 Å². The summed E-state index contributed by atoms with van der Waals surface area (Å²) in [5.74, 6) is 1.12. The van der Waals surface area contributed by atoms with Gasteiger partial charge in [-0.25, -0.2) is 4.99 Å². The molecule has 0 atom stereocenters. The van der Waals surface area contributed by atoms with Gasteiger partial charge in [0.05, 0.1) is 4.88 Å². The Labute approximate surface area is 181 Å². The molecule has 1 amide bonds. The van der Waals surface area contributed by atoms with Gasteiger partial charge in [-0.15, -0.1) is 11.3 Å². The van der Waals surface area contributed by atoms with Crippen molar-refractivity contribution >= 4 is 51.5 Å². The van der Waals surface area contributed by atoms with Crippen molar-refractivity contribution in [3.05, 3.63) is 78.7 Å². The molecule has 28 heavy (non-hydrogen) atoms. The van der Waals surface area contributed by atoms with Gasteiger partial charge in [0, 0.05) is 26.8 Å². The Balaban J connectivity index is 1.57. The van der Waals surface area contributed by atoms with Crippen molar-refractivity contribution in [3.8, 4) is 0 Å². The number of fused-ring (bicyclic) bond motifs is 3. The fourth-order valence-corrected chi connectivity index (χ4v) is 5.45. The van der Waals surface area contributed by atoms with Gasteiger partial charge in [0.1, 0.15) is 5.84 Å². The van der Waals surface area contributed by atoms with E-state index in [1.165, 1.54) is 23.3 Å². The molecule has 6 heteroatoms. The van der Waals surface area contributed by atoms with Gasteiger partial charge in [0.25, 0.3) is 5.91 Å². The van der Waals surface area contributed by atoms with E-state index < -0.39 is 0 Å². The number of rotatable bonds is 1. The summed E-state index contributed by atoms with van der Waals surface area (Å²) in [6, 6.07) is 10.1. The van der Waals surface area contributed by atoms with Crippen LogP contribution in [-0.2, 0) is 19.4 Å². The third kappa shape index (κ3) is 3.39. The summed E-state index contributed by atoms with van der Waals surface area (Å²) in [6.07, 6.45) is 10.7. The van der Waals surface area contributed by atoms with Crippen LogP contribution in [0.2, 0.25) is 0 Å². The van der Waals surface area contributed by atoms with E-state index in [1.54, 1.807) is 11.3 Å². The first-order valence-electron chi connectivity index (χ1n) is 9.41. The van der Waals surface area contributed by atoms with Gasteiger partial charge < -0.3 is 4.90 Å². The second-order valence-electron chi connectivity index (χ2n) is 7.11. The van der Waals surface area contributed by atoms with E-state index in [0.717, 1.165) is 38.3 Å². The molecule has 4 nitrogen and oxygen atoms in total. The molecule has 140 valence electrons. The lowest BCUT2D eigenvalue weighted by Crippen LogP contribution is -2.24. The van der Waals surface area contributed by atoms with Crippen LogP contribution in [0, 0.1) is 0 Å². The molecule has 0 saturated heterocycles. The highest BCUT2D eigenvalue weighted by molar-refractivity contribution is 14.1. The number of amidine groups is 2. The Morgan fingerprint density at radius 1 is 1.14 bits per heavy atom. The average Bonchev–Trinajstić information content (AvgIpc) is 3.08. The van der Waals surface area contributed by atoms with Gasteiger partial charge in [0.15, 0.2) is 5.84 Å². The number of amides is 1. The minimum Gasteiger partial charge on any atom is -0.327 e. The third-order valence-electron chi connectivity index (χ3n) is 5.20. The quantitative estimate of drug-likeness (QED) is 0.502. The average molecular weight is 499 g/mol. The maximum atomic E-state index is 13.0. The van der Waals surface area contributed by atoms with Gasteiger partial charge in [0.2, 0.25) is 0 Å². The normalized spacial score (nSPS) is 19.3. The Bertz CT molecular complexity index is 1070. The number of carbonyl (C=O) groups excluding carboxylic acids is 1. The second kappa shape index (κ2) is 7.40. The number of thiophene rings is 1. The minimum atomic E-state index is -0.188. The molecule has 2 aromatic rings. The van der Waals surface area contributed by atoms with Crippen LogP contribution in [-0.4, -0.2) is 22.5 Å². The Morgan fingerprint density at radius 2 is 2.00 bits per heavy atom. The van der Waals surface area contributed by atoms with Crippen LogP contribution in [0.15, 0.2) is 62.2 Å². The molecule has 0 fully saturated rings. The Morgan fingerprint density at radius 3 is 2.89 bits per heavy atom. The predicted molar refractivity (Wildman–Crippen MR) is 122 cm³/mol. The van der Waals surface area contributed by atoms with Crippen LogP contribution < -0.4 is 0 Å². The van der Waals surface area contributed by atoms with E-state index >= 15 is 0 Å². The molecule has 0 saturated carbocycles. The van der Waals surface area contributed by atoms with Crippen LogP contribution in [0.1, 0.15) is 44.1 Å². The van der Waals surface area contributed by atoms with Crippen molar-refractivity contribution < 1.29 is 4.79 Å². The molecule has 3 heterocycles. The summed E-state index contributed by atoms with van der Waals surface area (Å²) >= 11 is 3.90. The number of carbonyl (C=O) groups is 1. The maximum Gasteiger partial charge on any atom is 0.289 e. The number of hydrogen-bond acceptors (Lipinski definition) is 3. The molecular formula is C22H18IN3OS. The van der Waals surface area contributed by atoms with Crippen LogP contribution in [0.4, 0.5) is 0 Å². The fraction of sp³-hybridized carbons (Fsp3) is 0.227. The van der Waals surface area contributed by atoms with Crippen molar-refractivity contribution in [1.29, 1.82) is 0 Å². The highest BCUT2D eigenvalue weighted by atomic mass is 127. The molecule has 5 rings (SSSR count). The minimum absolute atomic E-state index is 0.188. The summed E-state index contributed by atoms with van der Waals surface area (Å²) < 4.78 is 1.15. The van der Waals surface area contributed by atoms with E-state index in [4.69, 9.17) is 4.99 Å². The van der Waals surface area contributed by atoms with Crippen LogP contribution in [0.25, 0.3) is 0 Å². The predicted octanol–water partition coefficient (Wildman–Crippen LogP) is 5.27. The Kier molecular flexibility index (Phi) is 4.76. The number of nitrogens with zero attached hydrogens (tertiary/aromatic N) is 3. The van der Waals surface area contributed by atoms with E-state index in [0.29, 0.717) is 12.4 Å². The molecule has 0 N–H and O–H groups in total. The molecule has 1 aromatic heterocycles. The number of allylic oxidation sites excluding steroid dienone is 2. The van der Waals surface area contributed by atoms with Crippen molar-refractivity contribution in [2.75, 3.05) is 0 Å². The summed E-state index contributed by atoms with van der Waals surface area (Å²) in [5.41, 5.74) is 3.37. The topological polar surface area (TPSA) is 45.0 Å². The van der Waals surface area contributed by atoms with Crippen molar-refractivity contribution in [2.45, 2.75) is 32.2 Å². The first kappa shape index (κ1) is 18.0. The molecule has 0 unspecified atom stereocenters. The van der Waals surface area contributed by atoms with Crippen LogP contribution in [0.3, 0.4) is 0 Å². The lowest BCUT2D eigenvalue weighted by Gasteiger charge is -2.21. The lowest BCUT2D eigenvalue weighted by molar-refractivity contribution is 0.101. The molecule has 1 aromatic carbocycles. The first-order chi connectivity index (χ1) is 13.7. The number of aliphatic imine (C=N–C) groups is 2. The van der Waals surface area contributed by atoms with Crippen LogP contribution >= 0.6 is 33.9 Å². The van der Waals surface area contributed by atoms with Gasteiger partial charge in [-0.05, 0) is 77.6 Å². The fourth-order valence-electron chi connectivity index (χ4n) is 3.80. The van der Waals surface area contributed by atoms with Crippen LogP contribution in [0.5, 0.6) is 0 Å². The monoisotopic (exact) mass is 499 g/mol. The summed E-state index contributed by atoms with van der Waals surface area (Å²) in [7, 11) is 0.